The van der Waals surface area contributed by atoms with E-state index in [1.165, 1.54) is 58.5 Å². The predicted octanol–water partition coefficient (Wildman–Crippen LogP) is 5.60. The van der Waals surface area contributed by atoms with Crippen LogP contribution in [0, 0.1) is 46.3 Å². The zero-order valence-corrected chi connectivity index (χ0v) is 18.6. The molecule has 0 aromatic carbocycles. The molecule has 0 spiro atoms. The fourth-order valence-corrected chi connectivity index (χ4v) is 8.88. The molecule has 1 N–H and O–H groups in total. The molecule has 0 amide bonds. The number of aliphatic hydroxyl groups is 1. The normalized spacial score (nSPS) is 48.9. The molecule has 4 fully saturated rings. The maximum Gasteiger partial charge on any atom is 0.305 e. The van der Waals surface area contributed by atoms with Gasteiger partial charge in [-0.05, 0) is 97.7 Å². The zero-order chi connectivity index (χ0) is 20.1. The first-order chi connectivity index (χ1) is 13.3. The van der Waals surface area contributed by atoms with E-state index < -0.39 is 0 Å². The van der Waals surface area contributed by atoms with Gasteiger partial charge < -0.3 is 9.84 Å². The van der Waals surface area contributed by atoms with Crippen molar-refractivity contribution in [2.45, 2.75) is 97.5 Å². The molecule has 4 saturated carbocycles. The molecule has 4 aliphatic carbocycles. The van der Waals surface area contributed by atoms with Gasteiger partial charge in [0.1, 0.15) is 0 Å². The van der Waals surface area contributed by atoms with Gasteiger partial charge >= 0.3 is 5.97 Å². The summed E-state index contributed by atoms with van der Waals surface area (Å²) in [5, 5.41) is 11.3. The summed E-state index contributed by atoms with van der Waals surface area (Å²) >= 11 is 0. The zero-order valence-electron chi connectivity index (χ0n) is 18.6. The Morgan fingerprint density at radius 3 is 2.57 bits per heavy atom. The average molecular weight is 391 g/mol. The van der Waals surface area contributed by atoms with Crippen LogP contribution >= 0.6 is 0 Å². The van der Waals surface area contributed by atoms with Crippen molar-refractivity contribution in [3.63, 3.8) is 0 Å². The highest BCUT2D eigenvalue weighted by atomic mass is 16.5. The first-order valence-electron chi connectivity index (χ1n) is 12.1. The van der Waals surface area contributed by atoms with E-state index in [-0.39, 0.29) is 12.1 Å². The molecule has 0 saturated heterocycles. The molecule has 4 aliphatic rings. The van der Waals surface area contributed by atoms with Crippen molar-refractivity contribution >= 4 is 5.97 Å². The first-order valence-corrected chi connectivity index (χ1v) is 12.1. The van der Waals surface area contributed by atoms with E-state index in [1.54, 1.807) is 0 Å². The van der Waals surface area contributed by atoms with Crippen molar-refractivity contribution in [3.8, 4) is 0 Å². The maximum absolute atomic E-state index is 11.6. The highest BCUT2D eigenvalue weighted by molar-refractivity contribution is 5.69. The second-order valence-electron chi connectivity index (χ2n) is 11.4. The fourth-order valence-electron chi connectivity index (χ4n) is 8.88. The lowest BCUT2D eigenvalue weighted by atomic mass is 9.44. The third-order valence-corrected chi connectivity index (χ3v) is 10.4. The standard InChI is InChI=1S/C25H42O3/c1-16(8-11-22(27)28-4)18-9-10-19-23-20(12-14-25(18,19)3)24(2)13-6-5-7-17(24)15-21(23)26/h16-21,23,26H,5-15H2,1-4H3/t16-,17+,18-,19+,20+,21+,23+,24+,25-/m1/s1. The molecule has 0 aromatic rings. The Morgan fingerprint density at radius 1 is 1.07 bits per heavy atom. The van der Waals surface area contributed by atoms with Crippen LogP contribution in [0.3, 0.4) is 0 Å². The Morgan fingerprint density at radius 2 is 1.82 bits per heavy atom. The van der Waals surface area contributed by atoms with Crippen molar-refractivity contribution in [1.82, 2.24) is 0 Å². The number of carbonyl (C=O) groups excluding carboxylic acids is 1. The Balaban J connectivity index is 1.53. The van der Waals surface area contributed by atoms with Gasteiger partial charge in [-0.15, -0.1) is 0 Å². The molecule has 9 atom stereocenters. The van der Waals surface area contributed by atoms with E-state index in [2.05, 4.69) is 20.8 Å². The molecule has 0 radical (unpaired) electrons. The second-order valence-corrected chi connectivity index (χ2v) is 11.4. The number of hydrogen-bond acceptors (Lipinski definition) is 3. The van der Waals surface area contributed by atoms with Crippen LogP contribution < -0.4 is 0 Å². The highest BCUT2D eigenvalue weighted by Crippen LogP contribution is 2.68. The van der Waals surface area contributed by atoms with Crippen LogP contribution in [-0.4, -0.2) is 24.3 Å². The number of rotatable bonds is 4. The molecule has 0 aromatic heterocycles. The van der Waals surface area contributed by atoms with Crippen LogP contribution in [0.25, 0.3) is 0 Å². The average Bonchev–Trinajstić information content (AvgIpc) is 3.03. The van der Waals surface area contributed by atoms with E-state index in [9.17, 15) is 9.90 Å². The van der Waals surface area contributed by atoms with Crippen LogP contribution in [0.4, 0.5) is 0 Å². The lowest BCUT2D eigenvalue weighted by Crippen LogP contribution is -2.57. The summed E-state index contributed by atoms with van der Waals surface area (Å²) in [4.78, 5) is 11.6. The van der Waals surface area contributed by atoms with Gasteiger partial charge in [0.15, 0.2) is 0 Å². The maximum atomic E-state index is 11.6. The van der Waals surface area contributed by atoms with E-state index in [1.807, 2.05) is 0 Å². The van der Waals surface area contributed by atoms with Gasteiger partial charge in [-0.2, -0.15) is 0 Å². The van der Waals surface area contributed by atoms with Gasteiger partial charge in [-0.25, -0.2) is 0 Å². The summed E-state index contributed by atoms with van der Waals surface area (Å²) in [6.45, 7) is 7.46. The second kappa shape index (κ2) is 7.60. The van der Waals surface area contributed by atoms with Crippen molar-refractivity contribution in [2.24, 2.45) is 46.3 Å². The molecular weight excluding hydrogens is 348 g/mol. The van der Waals surface area contributed by atoms with Crippen molar-refractivity contribution < 1.29 is 14.6 Å². The minimum absolute atomic E-state index is 0.0748. The monoisotopic (exact) mass is 390 g/mol. The summed E-state index contributed by atoms with van der Waals surface area (Å²) in [7, 11) is 1.49. The number of aliphatic hydroxyl groups excluding tert-OH is 1. The smallest absolute Gasteiger partial charge is 0.305 e. The number of ether oxygens (including phenoxy) is 1. The quantitative estimate of drug-likeness (QED) is 0.636. The van der Waals surface area contributed by atoms with Crippen molar-refractivity contribution in [3.05, 3.63) is 0 Å². The number of carbonyl (C=O) groups is 1. The lowest BCUT2D eigenvalue weighted by Gasteiger charge is -2.62. The SMILES string of the molecule is COC(=O)CC[C@@H](C)[C@H]1CC[C@H]2[C@@H]3[C@@H](O)C[C@@H]4CCCC[C@]4(C)[C@H]3CC[C@]12C. The minimum Gasteiger partial charge on any atom is -0.469 e. The number of esters is 1. The van der Waals surface area contributed by atoms with Crippen LogP contribution in [0.5, 0.6) is 0 Å². The molecule has 3 nitrogen and oxygen atoms in total. The van der Waals surface area contributed by atoms with Crippen molar-refractivity contribution in [1.29, 1.82) is 0 Å². The highest BCUT2D eigenvalue weighted by Gasteiger charge is 2.62. The number of fused-ring (bicyclic) bond motifs is 5. The van der Waals surface area contributed by atoms with Gasteiger partial charge in [0, 0.05) is 6.42 Å². The minimum atomic E-state index is -0.0880. The summed E-state index contributed by atoms with van der Waals surface area (Å²) in [6, 6.07) is 0. The molecule has 3 heteroatoms. The fraction of sp³-hybridized carbons (Fsp3) is 0.960. The Labute approximate surface area is 172 Å². The Bertz CT molecular complexity index is 588. The molecule has 28 heavy (non-hydrogen) atoms. The van der Waals surface area contributed by atoms with Gasteiger partial charge in [0.25, 0.3) is 0 Å². The Kier molecular flexibility index (Phi) is 5.61. The molecule has 4 rings (SSSR count). The third-order valence-electron chi connectivity index (χ3n) is 10.4. The number of methoxy groups -OCH3 is 1. The van der Waals surface area contributed by atoms with Crippen LogP contribution in [0.15, 0.2) is 0 Å². The van der Waals surface area contributed by atoms with Crippen LogP contribution in [-0.2, 0) is 9.53 Å². The van der Waals surface area contributed by atoms with E-state index in [0.29, 0.717) is 40.9 Å². The molecule has 0 aliphatic heterocycles. The molecule has 160 valence electrons. The summed E-state index contributed by atoms with van der Waals surface area (Å²) in [6.07, 6.45) is 13.1. The molecule has 0 heterocycles. The topological polar surface area (TPSA) is 46.5 Å². The van der Waals surface area contributed by atoms with E-state index in [0.717, 1.165) is 24.7 Å². The third kappa shape index (κ3) is 3.15. The van der Waals surface area contributed by atoms with Crippen molar-refractivity contribution in [2.75, 3.05) is 7.11 Å². The predicted molar refractivity (Wildman–Crippen MR) is 112 cm³/mol. The molecule has 0 bridgehead atoms. The van der Waals surface area contributed by atoms with E-state index >= 15 is 0 Å². The molecule has 0 unspecified atom stereocenters. The van der Waals surface area contributed by atoms with Gasteiger partial charge in [-0.3, -0.25) is 4.79 Å². The first kappa shape index (κ1) is 20.7. The van der Waals surface area contributed by atoms with Crippen LogP contribution in [0.1, 0.15) is 91.4 Å². The summed E-state index contributed by atoms with van der Waals surface area (Å²) in [5.74, 6) is 3.83. The lowest BCUT2D eigenvalue weighted by molar-refractivity contribution is -0.164. The molecular formula is C25H42O3. The largest absolute Gasteiger partial charge is 0.469 e. The number of hydrogen-bond donors (Lipinski definition) is 1. The van der Waals surface area contributed by atoms with Gasteiger partial charge in [0.05, 0.1) is 13.2 Å². The Hall–Kier alpha value is -0.570. The van der Waals surface area contributed by atoms with Gasteiger partial charge in [0.2, 0.25) is 0 Å². The van der Waals surface area contributed by atoms with Gasteiger partial charge in [-0.1, -0.05) is 33.6 Å². The van der Waals surface area contributed by atoms with Crippen LogP contribution in [0.2, 0.25) is 0 Å². The summed E-state index contributed by atoms with van der Waals surface area (Å²) < 4.78 is 4.87. The summed E-state index contributed by atoms with van der Waals surface area (Å²) in [5.41, 5.74) is 0.813. The van der Waals surface area contributed by atoms with E-state index in [4.69, 9.17) is 4.74 Å².